The Morgan fingerprint density at radius 3 is 2.80 bits per heavy atom. The quantitative estimate of drug-likeness (QED) is 0.746. The third-order valence-electron chi connectivity index (χ3n) is 2.42. The zero-order valence-electron chi connectivity index (χ0n) is 8.61. The molecule has 1 heterocycles. The Morgan fingerprint density at radius 2 is 2.20 bits per heavy atom. The smallest absolute Gasteiger partial charge is 0.339 e. The van der Waals surface area contributed by atoms with Crippen LogP contribution in [0, 0.1) is 0 Å². The summed E-state index contributed by atoms with van der Waals surface area (Å²) in [5.41, 5.74) is 0.222. The standard InChI is InChI=1S/C11H12O3S/c1-11(2)14-9-7(10(12)13)5-4-6-8(9)15(11)3/h4-6H,3H2,1-2H3,(H,12,13). The first-order valence-electron chi connectivity index (χ1n) is 4.53. The topological polar surface area (TPSA) is 46.5 Å². The van der Waals surface area contributed by atoms with Gasteiger partial charge in [-0.3, -0.25) is 0 Å². The van der Waals surface area contributed by atoms with Crippen molar-refractivity contribution in [1.82, 2.24) is 0 Å². The average molecular weight is 224 g/mol. The van der Waals surface area contributed by atoms with E-state index >= 15 is 0 Å². The van der Waals surface area contributed by atoms with E-state index in [0.29, 0.717) is 5.75 Å². The summed E-state index contributed by atoms with van der Waals surface area (Å²) < 4.78 is 5.67. The minimum atomic E-state index is -0.957. The number of fused-ring (bicyclic) bond motifs is 1. The molecule has 0 saturated heterocycles. The van der Waals surface area contributed by atoms with Gasteiger partial charge in [-0.2, -0.15) is 0 Å². The van der Waals surface area contributed by atoms with Gasteiger partial charge in [0.2, 0.25) is 0 Å². The lowest BCUT2D eigenvalue weighted by Gasteiger charge is -2.19. The molecule has 2 rings (SSSR count). The number of para-hydroxylation sites is 1. The predicted octanol–water partition coefficient (Wildman–Crippen LogP) is 2.57. The Hall–Kier alpha value is -1.29. The fourth-order valence-electron chi connectivity index (χ4n) is 1.54. The lowest BCUT2D eigenvalue weighted by atomic mass is 10.2. The molecule has 80 valence electrons. The molecule has 0 saturated carbocycles. The highest BCUT2D eigenvalue weighted by Crippen LogP contribution is 2.52. The highest BCUT2D eigenvalue weighted by atomic mass is 32.2. The van der Waals surface area contributed by atoms with Gasteiger partial charge < -0.3 is 9.84 Å². The third kappa shape index (κ3) is 1.45. The maximum absolute atomic E-state index is 11.0. The van der Waals surface area contributed by atoms with E-state index in [-0.39, 0.29) is 16.0 Å². The fourth-order valence-corrected chi connectivity index (χ4v) is 2.88. The van der Waals surface area contributed by atoms with E-state index in [9.17, 15) is 4.79 Å². The molecule has 4 heteroatoms. The van der Waals surface area contributed by atoms with Crippen LogP contribution in [0.3, 0.4) is 0 Å². The van der Waals surface area contributed by atoms with Crippen molar-refractivity contribution in [1.29, 1.82) is 0 Å². The number of benzene rings is 1. The number of rotatable bonds is 1. The molecule has 1 N–H and O–H groups in total. The maximum Gasteiger partial charge on any atom is 0.339 e. The monoisotopic (exact) mass is 224 g/mol. The second-order valence-corrected chi connectivity index (χ2v) is 6.04. The van der Waals surface area contributed by atoms with Crippen LogP contribution in [0.4, 0.5) is 0 Å². The summed E-state index contributed by atoms with van der Waals surface area (Å²) in [6.45, 7) is 3.85. The molecule has 1 aliphatic rings. The highest BCUT2D eigenvalue weighted by molar-refractivity contribution is 8.15. The van der Waals surface area contributed by atoms with Crippen LogP contribution in [0.25, 0.3) is 0 Å². The molecule has 1 aromatic carbocycles. The number of carboxylic acids is 1. The van der Waals surface area contributed by atoms with Crippen molar-refractivity contribution in [2.45, 2.75) is 23.7 Å². The van der Waals surface area contributed by atoms with Crippen molar-refractivity contribution in [2.75, 3.05) is 0 Å². The zero-order chi connectivity index (χ0) is 11.2. The van der Waals surface area contributed by atoms with Crippen molar-refractivity contribution in [3.05, 3.63) is 23.8 Å². The molecule has 0 bridgehead atoms. The van der Waals surface area contributed by atoms with Gasteiger partial charge in [0.15, 0.2) is 0 Å². The first-order chi connectivity index (χ1) is 6.93. The van der Waals surface area contributed by atoms with E-state index in [2.05, 4.69) is 5.87 Å². The Bertz CT molecular complexity index is 463. The maximum atomic E-state index is 11.0. The largest absolute Gasteiger partial charge is 0.478 e. The van der Waals surface area contributed by atoms with Crippen LogP contribution in [-0.2, 0) is 0 Å². The van der Waals surface area contributed by atoms with Gasteiger partial charge in [-0.05, 0) is 26.0 Å². The molecule has 1 aliphatic heterocycles. The Morgan fingerprint density at radius 1 is 1.53 bits per heavy atom. The van der Waals surface area contributed by atoms with Gasteiger partial charge in [0.1, 0.15) is 16.2 Å². The van der Waals surface area contributed by atoms with Crippen molar-refractivity contribution >= 4 is 22.3 Å². The van der Waals surface area contributed by atoms with Gasteiger partial charge in [-0.25, -0.2) is 4.79 Å². The van der Waals surface area contributed by atoms with Crippen LogP contribution >= 0.6 is 10.5 Å². The van der Waals surface area contributed by atoms with Gasteiger partial charge in [0.25, 0.3) is 0 Å². The molecule has 15 heavy (non-hydrogen) atoms. The molecule has 0 amide bonds. The average Bonchev–Trinajstić information content (AvgIpc) is 2.37. The molecule has 0 fully saturated rings. The summed E-state index contributed by atoms with van der Waals surface area (Å²) in [5, 5.41) is 9.01. The molecule has 3 nitrogen and oxygen atoms in total. The normalized spacial score (nSPS) is 21.9. The molecule has 0 spiro atoms. The molecular formula is C11H12O3S. The van der Waals surface area contributed by atoms with Crippen LogP contribution in [0.5, 0.6) is 5.75 Å². The molecule has 1 unspecified atom stereocenters. The Labute approximate surface area is 90.6 Å². The summed E-state index contributed by atoms with van der Waals surface area (Å²) in [5.74, 6) is 3.56. The summed E-state index contributed by atoms with van der Waals surface area (Å²) in [6, 6.07) is 5.17. The molecule has 1 atom stereocenters. The summed E-state index contributed by atoms with van der Waals surface area (Å²) in [6.07, 6.45) is 0. The van der Waals surface area contributed by atoms with Gasteiger partial charge in [-0.1, -0.05) is 11.9 Å². The van der Waals surface area contributed by atoms with Gasteiger partial charge in [0, 0.05) is 4.90 Å². The second kappa shape index (κ2) is 3.10. The molecule has 0 radical (unpaired) electrons. The van der Waals surface area contributed by atoms with Crippen LogP contribution in [0.2, 0.25) is 0 Å². The van der Waals surface area contributed by atoms with E-state index in [1.165, 1.54) is 0 Å². The minimum absolute atomic E-state index is 0.222. The van der Waals surface area contributed by atoms with Crippen LogP contribution in [0.1, 0.15) is 24.2 Å². The SMILES string of the molecule is C=S1c2cccc(C(=O)O)c2OC1(C)C. The van der Waals surface area contributed by atoms with Crippen molar-refractivity contribution in [3.63, 3.8) is 0 Å². The first-order valence-corrected chi connectivity index (χ1v) is 5.92. The molecule has 1 aromatic rings. The minimum Gasteiger partial charge on any atom is -0.478 e. The molecular weight excluding hydrogens is 212 g/mol. The van der Waals surface area contributed by atoms with E-state index in [1.54, 1.807) is 12.1 Å². The highest BCUT2D eigenvalue weighted by Gasteiger charge is 2.35. The van der Waals surface area contributed by atoms with Gasteiger partial charge in [-0.15, -0.1) is 10.5 Å². The number of hydrogen-bond acceptors (Lipinski definition) is 2. The molecule has 0 aromatic heterocycles. The lowest BCUT2D eigenvalue weighted by Crippen LogP contribution is -2.20. The summed E-state index contributed by atoms with van der Waals surface area (Å²) >= 11 is 0. The lowest BCUT2D eigenvalue weighted by molar-refractivity contribution is 0.0689. The van der Waals surface area contributed by atoms with Crippen molar-refractivity contribution in [2.24, 2.45) is 0 Å². The number of hydrogen-bond donors (Lipinski definition) is 1. The van der Waals surface area contributed by atoms with Gasteiger partial charge >= 0.3 is 5.97 Å². The van der Waals surface area contributed by atoms with Crippen molar-refractivity contribution < 1.29 is 14.6 Å². The fraction of sp³-hybridized carbons (Fsp3) is 0.273. The van der Waals surface area contributed by atoms with E-state index < -0.39 is 10.9 Å². The number of ether oxygens (including phenoxy) is 1. The Kier molecular flexibility index (Phi) is 2.12. The summed E-state index contributed by atoms with van der Waals surface area (Å²) in [7, 11) is -0.320. The van der Waals surface area contributed by atoms with Crippen LogP contribution in [-0.4, -0.2) is 21.9 Å². The number of carboxylic acid groups (broad SMARTS) is 1. The van der Waals surface area contributed by atoms with E-state index in [0.717, 1.165) is 4.90 Å². The number of carbonyl (C=O) groups is 1. The third-order valence-corrected chi connectivity index (χ3v) is 4.54. The summed E-state index contributed by atoms with van der Waals surface area (Å²) in [4.78, 5) is 11.5. The second-order valence-electron chi connectivity index (χ2n) is 3.83. The van der Waals surface area contributed by atoms with Crippen LogP contribution < -0.4 is 4.74 Å². The van der Waals surface area contributed by atoms with Crippen molar-refractivity contribution in [3.8, 4) is 5.75 Å². The first kappa shape index (κ1) is 10.2. The van der Waals surface area contributed by atoms with E-state index in [1.807, 2.05) is 19.9 Å². The number of aromatic carboxylic acids is 1. The predicted molar refractivity (Wildman–Crippen MR) is 61.1 cm³/mol. The molecule has 0 aliphatic carbocycles. The van der Waals surface area contributed by atoms with E-state index in [4.69, 9.17) is 9.84 Å². The Balaban J connectivity index is 2.64. The zero-order valence-corrected chi connectivity index (χ0v) is 9.43. The van der Waals surface area contributed by atoms with Gasteiger partial charge in [0.05, 0.1) is 0 Å². The van der Waals surface area contributed by atoms with Crippen LogP contribution in [0.15, 0.2) is 23.1 Å².